The molecule has 0 amide bonds. The molecule has 1 atom stereocenters. The maximum Gasteiger partial charge on any atom is 0.305 e. The van der Waals surface area contributed by atoms with Crippen molar-refractivity contribution in [2.45, 2.75) is 239 Å². The molecular weight excluding hydrogens is 512 g/mol. The number of rotatable bonds is 36. The highest BCUT2D eigenvalue weighted by Crippen LogP contribution is 2.24. The molecule has 0 heterocycles. The molecule has 0 fully saturated rings. The summed E-state index contributed by atoms with van der Waals surface area (Å²) in [5, 5.41) is 0. The number of carbonyl (C=O) groups excluding carboxylic acids is 1. The molecule has 0 saturated carbocycles. The lowest BCUT2D eigenvalue weighted by atomic mass is 9.90. The van der Waals surface area contributed by atoms with Gasteiger partial charge in [0.2, 0.25) is 0 Å². The van der Waals surface area contributed by atoms with Crippen LogP contribution in [-0.2, 0) is 9.53 Å². The molecule has 2 heteroatoms. The second-order valence-electron chi connectivity index (χ2n) is 13.8. The highest BCUT2D eigenvalue weighted by atomic mass is 16.5. The monoisotopic (exact) mass is 593 g/mol. The SMILES string of the molecule is CCCCCCCCCCCCCCCCCCC(CCCCCCCCCCCCCCCCC)CCC(=O)OC. The Bertz CT molecular complexity index is 502. The summed E-state index contributed by atoms with van der Waals surface area (Å²) < 4.78 is 4.93. The molecular formula is C40H80O2. The third-order valence-electron chi connectivity index (χ3n) is 9.67. The highest BCUT2D eigenvalue weighted by Gasteiger charge is 2.11. The number of unbranched alkanes of at least 4 members (excludes halogenated alkanes) is 29. The number of esters is 1. The molecule has 0 radical (unpaired) electrons. The molecule has 0 N–H and O–H groups in total. The Kier molecular flexibility index (Phi) is 36.2. The molecule has 0 rings (SSSR count). The van der Waals surface area contributed by atoms with E-state index in [0.29, 0.717) is 6.42 Å². The van der Waals surface area contributed by atoms with Crippen LogP contribution in [0.1, 0.15) is 239 Å². The molecule has 42 heavy (non-hydrogen) atoms. The van der Waals surface area contributed by atoms with Gasteiger partial charge in [0, 0.05) is 6.42 Å². The van der Waals surface area contributed by atoms with E-state index >= 15 is 0 Å². The number of carbonyl (C=O) groups is 1. The van der Waals surface area contributed by atoms with Crippen molar-refractivity contribution in [1.82, 2.24) is 0 Å². The van der Waals surface area contributed by atoms with Crippen LogP contribution in [0.2, 0.25) is 0 Å². The van der Waals surface area contributed by atoms with Crippen molar-refractivity contribution in [3.8, 4) is 0 Å². The first kappa shape index (κ1) is 41.5. The van der Waals surface area contributed by atoms with Crippen molar-refractivity contribution in [1.29, 1.82) is 0 Å². The standard InChI is InChI=1S/C40H80O2/c1-4-6-8-10-12-14-16-18-20-22-24-26-28-30-32-34-36-39(37-38-40(41)42-3)35-33-31-29-27-25-23-21-19-17-15-13-11-9-7-5-2/h39H,4-38H2,1-3H3. The van der Waals surface area contributed by atoms with Crippen molar-refractivity contribution in [2.75, 3.05) is 7.11 Å². The van der Waals surface area contributed by atoms with Gasteiger partial charge in [-0.05, 0) is 12.3 Å². The lowest BCUT2D eigenvalue weighted by molar-refractivity contribution is -0.141. The third-order valence-corrected chi connectivity index (χ3v) is 9.67. The molecule has 1 unspecified atom stereocenters. The van der Waals surface area contributed by atoms with Gasteiger partial charge >= 0.3 is 5.97 Å². The second-order valence-corrected chi connectivity index (χ2v) is 13.8. The predicted molar refractivity (Wildman–Crippen MR) is 188 cm³/mol. The molecule has 0 aromatic rings. The molecule has 0 saturated heterocycles. The minimum Gasteiger partial charge on any atom is -0.469 e. The van der Waals surface area contributed by atoms with Crippen LogP contribution in [0.4, 0.5) is 0 Å². The summed E-state index contributed by atoms with van der Waals surface area (Å²) in [6, 6.07) is 0. The van der Waals surface area contributed by atoms with Crippen LogP contribution >= 0.6 is 0 Å². The number of hydrogen-bond donors (Lipinski definition) is 0. The van der Waals surface area contributed by atoms with Gasteiger partial charge in [0.1, 0.15) is 0 Å². The van der Waals surface area contributed by atoms with Gasteiger partial charge < -0.3 is 4.74 Å². The lowest BCUT2D eigenvalue weighted by Gasteiger charge is -2.16. The van der Waals surface area contributed by atoms with Crippen LogP contribution in [-0.4, -0.2) is 13.1 Å². The Hall–Kier alpha value is -0.530. The van der Waals surface area contributed by atoms with Crippen LogP contribution in [0.3, 0.4) is 0 Å². The average molecular weight is 593 g/mol. The zero-order chi connectivity index (χ0) is 30.6. The Morgan fingerprint density at radius 3 is 0.857 bits per heavy atom. The van der Waals surface area contributed by atoms with E-state index in [1.807, 2.05) is 0 Å². The fraction of sp³-hybridized carbons (Fsp3) is 0.975. The zero-order valence-corrected chi connectivity index (χ0v) is 29.6. The Labute approximate surface area is 266 Å². The molecule has 0 aliphatic carbocycles. The van der Waals surface area contributed by atoms with Gasteiger partial charge in [-0.2, -0.15) is 0 Å². The topological polar surface area (TPSA) is 26.3 Å². The fourth-order valence-corrected chi connectivity index (χ4v) is 6.64. The summed E-state index contributed by atoms with van der Waals surface area (Å²) >= 11 is 0. The summed E-state index contributed by atoms with van der Waals surface area (Å²) in [6.07, 6.45) is 48.5. The lowest BCUT2D eigenvalue weighted by Crippen LogP contribution is -2.07. The summed E-state index contributed by atoms with van der Waals surface area (Å²) in [4.78, 5) is 11.7. The first-order chi connectivity index (χ1) is 20.7. The third kappa shape index (κ3) is 34.0. The molecule has 252 valence electrons. The van der Waals surface area contributed by atoms with Gasteiger partial charge in [-0.3, -0.25) is 4.79 Å². The quantitative estimate of drug-likeness (QED) is 0.0534. The first-order valence-corrected chi connectivity index (χ1v) is 19.8. The van der Waals surface area contributed by atoms with Crippen molar-refractivity contribution < 1.29 is 9.53 Å². The van der Waals surface area contributed by atoms with Crippen LogP contribution in [0, 0.1) is 5.92 Å². The van der Waals surface area contributed by atoms with E-state index < -0.39 is 0 Å². The van der Waals surface area contributed by atoms with Gasteiger partial charge in [-0.25, -0.2) is 0 Å². The van der Waals surface area contributed by atoms with Gasteiger partial charge in [0.05, 0.1) is 7.11 Å². The summed E-state index contributed by atoms with van der Waals surface area (Å²) in [6.45, 7) is 4.60. The number of methoxy groups -OCH3 is 1. The molecule has 0 aliphatic rings. The van der Waals surface area contributed by atoms with E-state index in [0.717, 1.165) is 12.3 Å². The van der Waals surface area contributed by atoms with E-state index in [2.05, 4.69) is 13.8 Å². The minimum absolute atomic E-state index is 0.0246. The molecule has 0 aromatic carbocycles. The highest BCUT2D eigenvalue weighted by molar-refractivity contribution is 5.69. The van der Waals surface area contributed by atoms with Gasteiger partial charge in [-0.1, -0.05) is 226 Å². The average Bonchev–Trinajstić information content (AvgIpc) is 3.00. The van der Waals surface area contributed by atoms with E-state index in [9.17, 15) is 4.79 Å². The summed E-state index contributed by atoms with van der Waals surface area (Å²) in [5.74, 6) is 0.696. The van der Waals surface area contributed by atoms with Gasteiger partial charge in [-0.15, -0.1) is 0 Å². The molecule has 2 nitrogen and oxygen atoms in total. The van der Waals surface area contributed by atoms with E-state index in [-0.39, 0.29) is 5.97 Å². The maximum absolute atomic E-state index is 11.7. The van der Waals surface area contributed by atoms with E-state index in [4.69, 9.17) is 4.74 Å². The number of ether oxygens (including phenoxy) is 1. The minimum atomic E-state index is -0.0246. The Morgan fingerprint density at radius 2 is 0.619 bits per heavy atom. The maximum atomic E-state index is 11.7. The summed E-state index contributed by atoms with van der Waals surface area (Å²) in [5.41, 5.74) is 0. The zero-order valence-electron chi connectivity index (χ0n) is 29.6. The van der Waals surface area contributed by atoms with Crippen LogP contribution in [0.5, 0.6) is 0 Å². The van der Waals surface area contributed by atoms with E-state index in [1.54, 1.807) is 0 Å². The second kappa shape index (κ2) is 36.7. The van der Waals surface area contributed by atoms with Crippen molar-refractivity contribution in [3.63, 3.8) is 0 Å². The van der Waals surface area contributed by atoms with Crippen molar-refractivity contribution >= 4 is 5.97 Å². The smallest absolute Gasteiger partial charge is 0.305 e. The fourth-order valence-electron chi connectivity index (χ4n) is 6.64. The molecule has 0 bridgehead atoms. The molecule has 0 aromatic heterocycles. The Balaban J connectivity index is 3.64. The van der Waals surface area contributed by atoms with Crippen LogP contribution in [0.25, 0.3) is 0 Å². The molecule has 0 aliphatic heterocycles. The van der Waals surface area contributed by atoms with Crippen molar-refractivity contribution in [2.24, 2.45) is 5.92 Å². The van der Waals surface area contributed by atoms with Gasteiger partial charge in [0.25, 0.3) is 0 Å². The predicted octanol–water partition coefficient (Wildman–Crippen LogP) is 14.5. The molecule has 0 spiro atoms. The first-order valence-electron chi connectivity index (χ1n) is 19.8. The van der Waals surface area contributed by atoms with Crippen molar-refractivity contribution in [3.05, 3.63) is 0 Å². The normalized spacial score (nSPS) is 12.2. The van der Waals surface area contributed by atoms with Gasteiger partial charge in [0.15, 0.2) is 0 Å². The van der Waals surface area contributed by atoms with E-state index in [1.165, 1.54) is 219 Å². The van der Waals surface area contributed by atoms with Crippen LogP contribution in [0.15, 0.2) is 0 Å². The number of hydrogen-bond acceptors (Lipinski definition) is 2. The largest absolute Gasteiger partial charge is 0.469 e. The summed E-state index contributed by atoms with van der Waals surface area (Å²) in [7, 11) is 1.53. The van der Waals surface area contributed by atoms with Crippen LogP contribution < -0.4 is 0 Å². The Morgan fingerprint density at radius 1 is 0.381 bits per heavy atom.